The Labute approximate surface area is 160 Å². The smallest absolute Gasteiger partial charge is 0.0730 e. The predicted octanol–water partition coefficient (Wildman–Crippen LogP) is 6.54. The third kappa shape index (κ3) is 2.99. The molecule has 0 atom stereocenters. The number of hydrogen-bond acceptors (Lipinski definition) is 2. The van der Waals surface area contributed by atoms with Gasteiger partial charge in [-0.3, -0.25) is 0 Å². The van der Waals surface area contributed by atoms with Crippen LogP contribution in [-0.2, 0) is 0 Å². The summed E-state index contributed by atoms with van der Waals surface area (Å²) in [4.78, 5) is 6.90. The Kier molecular flexibility index (Phi) is 4.14. The molecule has 1 heterocycles. The van der Waals surface area contributed by atoms with Gasteiger partial charge in [-0.1, -0.05) is 45.7 Å². The Bertz CT molecular complexity index is 1090. The fraction of sp³-hybridized carbons (Fsp3) is 0.0952. The van der Waals surface area contributed by atoms with Crippen molar-refractivity contribution < 1.29 is 0 Å². The average Bonchev–Trinajstić information content (AvgIpc) is 2.60. The molecular formula is C21H16BrClN2. The standard InChI is InChI=1S/C21H16BrClN2/c1-25(2)16-7-3-13(4-8-16)21-17-9-6-15(23)12-20(17)24-19-10-5-14(22)11-18(19)21/h3-12H,1-2H3. The number of hydrogen-bond donors (Lipinski definition) is 0. The van der Waals surface area contributed by atoms with E-state index in [0.29, 0.717) is 5.02 Å². The van der Waals surface area contributed by atoms with E-state index < -0.39 is 0 Å². The lowest BCUT2D eigenvalue weighted by atomic mass is 9.96. The van der Waals surface area contributed by atoms with Crippen LogP contribution in [0.1, 0.15) is 0 Å². The van der Waals surface area contributed by atoms with E-state index in [1.165, 1.54) is 16.8 Å². The molecule has 0 radical (unpaired) electrons. The predicted molar refractivity (Wildman–Crippen MR) is 112 cm³/mol. The molecule has 0 aliphatic carbocycles. The van der Waals surface area contributed by atoms with E-state index in [1.807, 2.05) is 38.4 Å². The van der Waals surface area contributed by atoms with E-state index in [2.05, 4.69) is 57.2 Å². The van der Waals surface area contributed by atoms with Gasteiger partial charge in [0, 0.05) is 45.6 Å². The van der Waals surface area contributed by atoms with Crippen LogP contribution in [-0.4, -0.2) is 19.1 Å². The zero-order valence-electron chi connectivity index (χ0n) is 13.9. The summed E-state index contributed by atoms with van der Waals surface area (Å²) in [5, 5.41) is 2.93. The summed E-state index contributed by atoms with van der Waals surface area (Å²) in [5.41, 5.74) is 5.40. The second-order valence-electron chi connectivity index (χ2n) is 6.25. The lowest BCUT2D eigenvalue weighted by Crippen LogP contribution is -2.07. The zero-order chi connectivity index (χ0) is 17.6. The Morgan fingerprint density at radius 1 is 0.840 bits per heavy atom. The number of nitrogens with zero attached hydrogens (tertiary/aromatic N) is 2. The van der Waals surface area contributed by atoms with Gasteiger partial charge in [0.15, 0.2) is 0 Å². The zero-order valence-corrected chi connectivity index (χ0v) is 16.3. The van der Waals surface area contributed by atoms with Gasteiger partial charge in [-0.25, -0.2) is 4.98 Å². The molecule has 0 spiro atoms. The summed E-state index contributed by atoms with van der Waals surface area (Å²) in [6.07, 6.45) is 0. The van der Waals surface area contributed by atoms with Crippen molar-refractivity contribution in [3.8, 4) is 11.1 Å². The first kappa shape index (κ1) is 16.4. The molecule has 3 aromatic carbocycles. The summed E-state index contributed by atoms with van der Waals surface area (Å²) in [5.74, 6) is 0. The Morgan fingerprint density at radius 2 is 1.60 bits per heavy atom. The van der Waals surface area contributed by atoms with Crippen molar-refractivity contribution in [3.63, 3.8) is 0 Å². The summed E-state index contributed by atoms with van der Waals surface area (Å²) in [6.45, 7) is 0. The number of halogens is 2. The maximum Gasteiger partial charge on any atom is 0.0730 e. The van der Waals surface area contributed by atoms with Crippen LogP contribution in [0.2, 0.25) is 5.02 Å². The summed E-state index contributed by atoms with van der Waals surface area (Å²) >= 11 is 9.79. The van der Waals surface area contributed by atoms with Crippen LogP contribution >= 0.6 is 27.5 Å². The van der Waals surface area contributed by atoms with Gasteiger partial charge in [-0.2, -0.15) is 0 Å². The number of aromatic nitrogens is 1. The van der Waals surface area contributed by atoms with Crippen molar-refractivity contribution in [1.82, 2.24) is 4.98 Å². The first-order valence-electron chi connectivity index (χ1n) is 7.99. The van der Waals surface area contributed by atoms with Gasteiger partial charge in [-0.15, -0.1) is 0 Å². The number of anilines is 1. The highest BCUT2D eigenvalue weighted by atomic mass is 79.9. The molecule has 4 rings (SSSR count). The van der Waals surface area contributed by atoms with Gasteiger partial charge < -0.3 is 4.90 Å². The van der Waals surface area contributed by atoms with Crippen LogP contribution in [0.15, 0.2) is 65.1 Å². The van der Waals surface area contributed by atoms with Crippen LogP contribution in [0.5, 0.6) is 0 Å². The summed E-state index contributed by atoms with van der Waals surface area (Å²) in [6, 6.07) is 20.7. The van der Waals surface area contributed by atoms with E-state index in [-0.39, 0.29) is 0 Å². The first-order chi connectivity index (χ1) is 12.0. The second kappa shape index (κ2) is 6.32. The normalized spacial score (nSPS) is 11.2. The molecule has 0 saturated carbocycles. The third-order valence-corrected chi connectivity index (χ3v) is 5.10. The highest BCUT2D eigenvalue weighted by Crippen LogP contribution is 2.37. The minimum Gasteiger partial charge on any atom is -0.378 e. The lowest BCUT2D eigenvalue weighted by molar-refractivity contribution is 1.13. The fourth-order valence-corrected chi connectivity index (χ4v) is 3.65. The van der Waals surface area contributed by atoms with Gasteiger partial charge in [0.25, 0.3) is 0 Å². The van der Waals surface area contributed by atoms with Gasteiger partial charge >= 0.3 is 0 Å². The molecule has 25 heavy (non-hydrogen) atoms. The van der Waals surface area contributed by atoms with Crippen molar-refractivity contribution in [3.05, 3.63) is 70.2 Å². The van der Waals surface area contributed by atoms with Gasteiger partial charge in [0.2, 0.25) is 0 Å². The van der Waals surface area contributed by atoms with E-state index in [9.17, 15) is 0 Å². The molecule has 0 N–H and O–H groups in total. The van der Waals surface area contributed by atoms with Gasteiger partial charge in [-0.05, 0) is 48.0 Å². The molecule has 1 aromatic heterocycles. The number of pyridine rings is 1. The molecule has 0 amide bonds. The molecule has 0 aliphatic heterocycles. The maximum atomic E-state index is 6.20. The quantitative estimate of drug-likeness (QED) is 0.348. The first-order valence-corrected chi connectivity index (χ1v) is 9.16. The van der Waals surface area contributed by atoms with Crippen molar-refractivity contribution in [2.45, 2.75) is 0 Å². The average molecular weight is 412 g/mol. The molecule has 0 aliphatic rings. The van der Waals surface area contributed by atoms with E-state index >= 15 is 0 Å². The fourth-order valence-electron chi connectivity index (χ4n) is 3.13. The summed E-state index contributed by atoms with van der Waals surface area (Å²) < 4.78 is 1.04. The minimum atomic E-state index is 0.699. The van der Waals surface area contributed by atoms with Crippen molar-refractivity contribution in [1.29, 1.82) is 0 Å². The van der Waals surface area contributed by atoms with Crippen LogP contribution in [0.3, 0.4) is 0 Å². The van der Waals surface area contributed by atoms with Crippen molar-refractivity contribution in [2.75, 3.05) is 19.0 Å². The minimum absolute atomic E-state index is 0.699. The third-order valence-electron chi connectivity index (χ3n) is 4.37. The van der Waals surface area contributed by atoms with Gasteiger partial charge in [0.05, 0.1) is 11.0 Å². The largest absolute Gasteiger partial charge is 0.378 e. The molecule has 0 unspecified atom stereocenters. The summed E-state index contributed by atoms with van der Waals surface area (Å²) in [7, 11) is 4.09. The SMILES string of the molecule is CN(C)c1ccc(-c2c3ccc(Cl)cc3nc3ccc(Br)cc23)cc1. The van der Waals surface area contributed by atoms with E-state index in [4.69, 9.17) is 16.6 Å². The molecule has 4 heteroatoms. The number of fused-ring (bicyclic) bond motifs is 2. The number of rotatable bonds is 2. The lowest BCUT2D eigenvalue weighted by Gasteiger charge is -2.15. The highest BCUT2D eigenvalue weighted by Gasteiger charge is 2.12. The molecule has 0 saturated heterocycles. The highest BCUT2D eigenvalue weighted by molar-refractivity contribution is 9.10. The molecule has 0 bridgehead atoms. The maximum absolute atomic E-state index is 6.20. The van der Waals surface area contributed by atoms with E-state index in [0.717, 1.165) is 26.3 Å². The van der Waals surface area contributed by atoms with Crippen LogP contribution in [0.4, 0.5) is 5.69 Å². The Morgan fingerprint density at radius 3 is 2.32 bits per heavy atom. The molecule has 2 nitrogen and oxygen atoms in total. The Balaban J connectivity index is 2.08. The number of benzene rings is 3. The van der Waals surface area contributed by atoms with Crippen LogP contribution < -0.4 is 4.90 Å². The molecular weight excluding hydrogens is 396 g/mol. The van der Waals surface area contributed by atoms with Crippen LogP contribution in [0, 0.1) is 0 Å². The molecule has 4 aromatic rings. The van der Waals surface area contributed by atoms with E-state index in [1.54, 1.807) is 0 Å². The van der Waals surface area contributed by atoms with Crippen molar-refractivity contribution >= 4 is 55.0 Å². The monoisotopic (exact) mass is 410 g/mol. The van der Waals surface area contributed by atoms with Crippen LogP contribution in [0.25, 0.3) is 32.9 Å². The Hall–Kier alpha value is -2.10. The molecule has 124 valence electrons. The topological polar surface area (TPSA) is 16.1 Å². The second-order valence-corrected chi connectivity index (χ2v) is 7.60. The van der Waals surface area contributed by atoms with Gasteiger partial charge in [0.1, 0.15) is 0 Å². The molecule has 0 fully saturated rings. The van der Waals surface area contributed by atoms with Crippen molar-refractivity contribution in [2.24, 2.45) is 0 Å².